The summed E-state index contributed by atoms with van der Waals surface area (Å²) in [5.41, 5.74) is 2.37. The molecule has 1 atom stereocenters. The van der Waals surface area contributed by atoms with Gasteiger partial charge >= 0.3 is 11.9 Å². The zero-order valence-corrected chi connectivity index (χ0v) is 19.8. The monoisotopic (exact) mass is 480 g/mol. The van der Waals surface area contributed by atoms with Crippen LogP contribution in [0.25, 0.3) is 0 Å². The topological polar surface area (TPSA) is 89.9 Å². The molecule has 3 aromatic carbocycles. The average molecular weight is 480 g/mol. The van der Waals surface area contributed by atoms with E-state index in [1.54, 1.807) is 12.1 Å². The van der Waals surface area contributed by atoms with Crippen LogP contribution in [0.15, 0.2) is 91.0 Å². The summed E-state index contributed by atoms with van der Waals surface area (Å²) in [6.45, 7) is 0.0727. The zero-order chi connectivity index (χ0) is 24.2. The lowest BCUT2D eigenvalue weighted by atomic mass is 10.0. The van der Waals surface area contributed by atoms with E-state index < -0.39 is 25.2 Å². The lowest BCUT2D eigenvalue weighted by Gasteiger charge is -2.17. The van der Waals surface area contributed by atoms with Gasteiger partial charge < -0.3 is 14.4 Å². The van der Waals surface area contributed by atoms with Gasteiger partial charge in [0.15, 0.2) is 5.92 Å². The Morgan fingerprint density at radius 2 is 1.12 bits per heavy atom. The quantitative estimate of drug-likeness (QED) is 0.214. The molecule has 0 amide bonds. The van der Waals surface area contributed by atoms with Gasteiger partial charge in [0.1, 0.15) is 13.2 Å². The molecule has 0 saturated heterocycles. The lowest BCUT2D eigenvalue weighted by Crippen LogP contribution is -2.28. The summed E-state index contributed by atoms with van der Waals surface area (Å²) in [5, 5.41) is 0. The molecular weight excluding hydrogens is 451 g/mol. The number of benzene rings is 3. The summed E-state index contributed by atoms with van der Waals surface area (Å²) < 4.78 is 23.4. The van der Waals surface area contributed by atoms with E-state index in [0.717, 1.165) is 16.7 Å². The molecule has 1 unspecified atom stereocenters. The molecule has 0 saturated carbocycles. The fourth-order valence-corrected chi connectivity index (χ4v) is 5.10. The van der Waals surface area contributed by atoms with Crippen LogP contribution in [0.4, 0.5) is 0 Å². The van der Waals surface area contributed by atoms with Crippen LogP contribution < -0.4 is 0 Å². The number of ether oxygens (including phenoxy) is 2. The molecule has 0 aliphatic rings. The second-order valence-electron chi connectivity index (χ2n) is 8.10. The first-order valence-electron chi connectivity index (χ1n) is 11.2. The van der Waals surface area contributed by atoms with Gasteiger partial charge in [-0.05, 0) is 29.5 Å². The Bertz CT molecular complexity index is 1030. The van der Waals surface area contributed by atoms with Gasteiger partial charge in [-0.25, -0.2) is 0 Å². The summed E-state index contributed by atoms with van der Waals surface area (Å²) in [7, 11) is -3.46. The Morgan fingerprint density at radius 1 is 0.706 bits per heavy atom. The molecule has 1 N–H and O–H groups in total. The molecule has 0 heterocycles. The van der Waals surface area contributed by atoms with Crippen molar-refractivity contribution in [2.24, 2.45) is 5.92 Å². The first-order valence-corrected chi connectivity index (χ1v) is 13.2. The van der Waals surface area contributed by atoms with Gasteiger partial charge in [-0.15, -0.1) is 0 Å². The SMILES string of the molecule is O=C(OCc1ccccc1)C(CCCP(=O)(O)Cc1ccccc1)C(=O)OCc1ccccc1. The predicted molar refractivity (Wildman–Crippen MR) is 130 cm³/mol. The maximum absolute atomic E-state index is 12.8. The van der Waals surface area contributed by atoms with E-state index in [0.29, 0.717) is 0 Å². The van der Waals surface area contributed by atoms with Crippen molar-refractivity contribution in [3.63, 3.8) is 0 Å². The summed E-state index contributed by atoms with van der Waals surface area (Å²) in [6, 6.07) is 27.4. The zero-order valence-electron chi connectivity index (χ0n) is 18.9. The van der Waals surface area contributed by atoms with Crippen molar-refractivity contribution in [3.05, 3.63) is 108 Å². The molecule has 34 heavy (non-hydrogen) atoms. The van der Waals surface area contributed by atoms with E-state index in [-0.39, 0.29) is 38.4 Å². The number of esters is 2. The molecule has 0 radical (unpaired) electrons. The number of rotatable bonds is 12. The van der Waals surface area contributed by atoms with Crippen LogP contribution in [0.3, 0.4) is 0 Å². The Labute approximate surface area is 200 Å². The van der Waals surface area contributed by atoms with Crippen LogP contribution in [0.5, 0.6) is 0 Å². The maximum atomic E-state index is 12.8. The van der Waals surface area contributed by atoms with E-state index >= 15 is 0 Å². The lowest BCUT2D eigenvalue weighted by molar-refractivity contribution is -0.164. The van der Waals surface area contributed by atoms with Crippen molar-refractivity contribution < 1.29 is 28.5 Å². The van der Waals surface area contributed by atoms with Gasteiger partial charge in [0, 0.05) is 12.3 Å². The average Bonchev–Trinajstić information content (AvgIpc) is 2.85. The fraction of sp³-hybridized carbons (Fsp3) is 0.259. The van der Waals surface area contributed by atoms with Gasteiger partial charge in [0.05, 0.1) is 0 Å². The molecule has 7 heteroatoms. The second kappa shape index (κ2) is 12.9. The van der Waals surface area contributed by atoms with Crippen molar-refractivity contribution >= 4 is 19.3 Å². The summed E-state index contributed by atoms with van der Waals surface area (Å²) >= 11 is 0. The highest BCUT2D eigenvalue weighted by Gasteiger charge is 2.31. The molecule has 178 valence electrons. The maximum Gasteiger partial charge on any atom is 0.320 e. The van der Waals surface area contributed by atoms with Crippen LogP contribution >= 0.6 is 7.37 Å². The molecule has 3 rings (SSSR count). The molecule has 0 aromatic heterocycles. The minimum Gasteiger partial charge on any atom is -0.460 e. The highest BCUT2D eigenvalue weighted by atomic mass is 31.2. The van der Waals surface area contributed by atoms with E-state index in [4.69, 9.17) is 9.47 Å². The van der Waals surface area contributed by atoms with Crippen molar-refractivity contribution in [1.29, 1.82) is 0 Å². The summed E-state index contributed by atoms with van der Waals surface area (Å²) in [6.07, 6.45) is 0.332. The van der Waals surface area contributed by atoms with E-state index in [9.17, 15) is 19.0 Å². The number of hydrogen-bond donors (Lipinski definition) is 1. The third-order valence-electron chi connectivity index (χ3n) is 5.29. The number of carbonyl (C=O) groups excluding carboxylic acids is 2. The standard InChI is InChI=1S/C27H29O6P/c28-26(32-19-22-11-4-1-5-12-22)25(27(29)33-20-23-13-6-2-7-14-23)17-10-18-34(30,31)21-24-15-8-3-9-16-24/h1-9,11-16,25H,10,17-21H2,(H,30,31). The van der Waals surface area contributed by atoms with Crippen molar-refractivity contribution in [2.45, 2.75) is 32.2 Å². The van der Waals surface area contributed by atoms with Crippen LogP contribution in [-0.4, -0.2) is 23.0 Å². The van der Waals surface area contributed by atoms with Crippen molar-refractivity contribution in [3.8, 4) is 0 Å². The van der Waals surface area contributed by atoms with Gasteiger partial charge in [-0.1, -0.05) is 91.0 Å². The van der Waals surface area contributed by atoms with E-state index in [1.165, 1.54) is 0 Å². The third-order valence-corrected chi connectivity index (χ3v) is 7.16. The molecule has 6 nitrogen and oxygen atoms in total. The Balaban J connectivity index is 1.59. The van der Waals surface area contributed by atoms with Crippen LogP contribution in [-0.2, 0) is 43.0 Å². The van der Waals surface area contributed by atoms with Gasteiger partial charge in [0.2, 0.25) is 7.37 Å². The fourth-order valence-electron chi connectivity index (χ4n) is 3.48. The number of carbonyl (C=O) groups is 2. The molecular formula is C27H29O6P. The molecule has 0 bridgehead atoms. The normalized spacial score (nSPS) is 12.6. The summed E-state index contributed by atoms with van der Waals surface area (Å²) in [4.78, 5) is 35.9. The number of hydrogen-bond acceptors (Lipinski definition) is 5. The van der Waals surface area contributed by atoms with Gasteiger partial charge in [-0.2, -0.15) is 0 Å². The Kier molecular flexibility index (Phi) is 9.62. The van der Waals surface area contributed by atoms with Gasteiger partial charge in [-0.3, -0.25) is 14.2 Å². The first-order chi connectivity index (χ1) is 16.4. The minimum absolute atomic E-state index is 0.00365. The largest absolute Gasteiger partial charge is 0.460 e. The highest BCUT2D eigenvalue weighted by molar-refractivity contribution is 7.57. The predicted octanol–water partition coefficient (Wildman–Crippen LogP) is 5.34. The Morgan fingerprint density at radius 3 is 1.56 bits per heavy atom. The van der Waals surface area contributed by atoms with Crippen molar-refractivity contribution in [2.75, 3.05) is 6.16 Å². The second-order valence-corrected chi connectivity index (χ2v) is 10.6. The van der Waals surface area contributed by atoms with Crippen LogP contribution in [0.1, 0.15) is 29.5 Å². The van der Waals surface area contributed by atoms with Crippen molar-refractivity contribution in [1.82, 2.24) is 0 Å². The summed E-state index contributed by atoms with van der Waals surface area (Å²) in [5.74, 6) is -2.56. The molecule has 3 aromatic rings. The van der Waals surface area contributed by atoms with E-state index in [2.05, 4.69) is 0 Å². The molecule has 0 aliphatic heterocycles. The van der Waals surface area contributed by atoms with E-state index in [1.807, 2.05) is 78.9 Å². The first kappa shape index (κ1) is 25.4. The van der Waals surface area contributed by atoms with Crippen LogP contribution in [0, 0.1) is 5.92 Å². The molecule has 0 spiro atoms. The highest BCUT2D eigenvalue weighted by Crippen LogP contribution is 2.45. The van der Waals surface area contributed by atoms with Gasteiger partial charge in [0.25, 0.3) is 0 Å². The minimum atomic E-state index is -3.46. The third kappa shape index (κ3) is 8.62. The smallest absolute Gasteiger partial charge is 0.320 e. The Hall–Kier alpha value is -3.21. The van der Waals surface area contributed by atoms with Crippen LogP contribution in [0.2, 0.25) is 0 Å². The molecule has 0 aliphatic carbocycles. The molecule has 0 fully saturated rings.